The molecule has 0 saturated carbocycles. The first kappa shape index (κ1) is 19.2. The molecule has 0 radical (unpaired) electrons. The molecule has 0 fully saturated rings. The normalized spacial score (nSPS) is 10.2. The molecule has 6 nitrogen and oxygen atoms in total. The van der Waals surface area contributed by atoms with Gasteiger partial charge in [0.1, 0.15) is 11.6 Å². The number of carbonyl (C=O) groups excluding carboxylic acids is 2. The lowest BCUT2D eigenvalue weighted by Gasteiger charge is -2.10. The second kappa shape index (κ2) is 8.80. The minimum Gasteiger partial charge on any atom is -0.493 e. The van der Waals surface area contributed by atoms with Crippen molar-refractivity contribution in [1.29, 1.82) is 0 Å². The lowest BCUT2D eigenvalue weighted by Crippen LogP contribution is -2.36. The van der Waals surface area contributed by atoms with Crippen molar-refractivity contribution in [3.8, 4) is 11.5 Å². The standard InChI is InChI=1S/C18H18F2N2O4/c1-25-15-6-3-11(9-16(15)26-2)7-8-21-17(23)18(24)22-14-10-12(19)4-5-13(14)20/h3-6,9-10H,7-8H2,1-2H3,(H,21,23)(H,22,24). The van der Waals surface area contributed by atoms with Gasteiger partial charge in [0.05, 0.1) is 19.9 Å². The summed E-state index contributed by atoms with van der Waals surface area (Å²) in [6, 6.07) is 7.86. The maximum atomic E-state index is 13.5. The first-order valence-electron chi connectivity index (χ1n) is 7.69. The highest BCUT2D eigenvalue weighted by Gasteiger charge is 2.16. The van der Waals surface area contributed by atoms with Gasteiger partial charge in [-0.2, -0.15) is 0 Å². The number of ether oxygens (including phenoxy) is 2. The van der Waals surface area contributed by atoms with Gasteiger partial charge in [0, 0.05) is 12.6 Å². The predicted octanol–water partition coefficient (Wildman–Crippen LogP) is 2.28. The summed E-state index contributed by atoms with van der Waals surface area (Å²) in [7, 11) is 3.04. The predicted molar refractivity (Wildman–Crippen MR) is 91.2 cm³/mol. The highest BCUT2D eigenvalue weighted by Crippen LogP contribution is 2.27. The van der Waals surface area contributed by atoms with Crippen molar-refractivity contribution in [3.05, 3.63) is 53.6 Å². The summed E-state index contributed by atoms with van der Waals surface area (Å²) in [4.78, 5) is 23.5. The van der Waals surface area contributed by atoms with Gasteiger partial charge in [0.2, 0.25) is 0 Å². The maximum Gasteiger partial charge on any atom is 0.313 e. The lowest BCUT2D eigenvalue weighted by molar-refractivity contribution is -0.136. The van der Waals surface area contributed by atoms with Crippen molar-refractivity contribution in [1.82, 2.24) is 5.32 Å². The molecule has 138 valence electrons. The molecule has 0 heterocycles. The molecule has 2 rings (SSSR count). The summed E-state index contributed by atoms with van der Waals surface area (Å²) in [6.07, 6.45) is 0.438. The highest BCUT2D eigenvalue weighted by molar-refractivity contribution is 6.39. The molecule has 2 N–H and O–H groups in total. The fraction of sp³-hybridized carbons (Fsp3) is 0.222. The van der Waals surface area contributed by atoms with E-state index in [4.69, 9.17) is 9.47 Å². The Labute approximate surface area is 149 Å². The van der Waals surface area contributed by atoms with Gasteiger partial charge < -0.3 is 20.1 Å². The quantitative estimate of drug-likeness (QED) is 0.771. The van der Waals surface area contributed by atoms with Crippen molar-refractivity contribution in [2.75, 3.05) is 26.1 Å². The number of nitrogens with one attached hydrogen (secondary N) is 2. The maximum absolute atomic E-state index is 13.5. The molecule has 0 aliphatic carbocycles. The van der Waals surface area contributed by atoms with Gasteiger partial charge in [-0.1, -0.05) is 6.07 Å². The number of amides is 2. The molecule has 2 aromatic carbocycles. The van der Waals surface area contributed by atoms with Crippen molar-refractivity contribution in [2.24, 2.45) is 0 Å². The fourth-order valence-corrected chi connectivity index (χ4v) is 2.21. The Balaban J connectivity index is 1.88. The van der Waals surface area contributed by atoms with E-state index in [0.29, 0.717) is 17.9 Å². The summed E-state index contributed by atoms with van der Waals surface area (Å²) in [5.74, 6) is -2.46. The van der Waals surface area contributed by atoms with Crippen molar-refractivity contribution < 1.29 is 27.8 Å². The Hall–Kier alpha value is -3.16. The van der Waals surface area contributed by atoms with Gasteiger partial charge in [0.25, 0.3) is 0 Å². The van der Waals surface area contributed by atoms with Crippen LogP contribution in [-0.2, 0) is 16.0 Å². The molecule has 2 aromatic rings. The molecule has 0 aliphatic rings. The Morgan fingerprint density at radius 2 is 1.69 bits per heavy atom. The minimum absolute atomic E-state index is 0.174. The molecule has 0 aliphatic heterocycles. The van der Waals surface area contributed by atoms with Crippen LogP contribution in [0.4, 0.5) is 14.5 Å². The van der Waals surface area contributed by atoms with E-state index in [2.05, 4.69) is 5.32 Å². The van der Waals surface area contributed by atoms with Crippen LogP contribution < -0.4 is 20.1 Å². The average Bonchev–Trinajstić information content (AvgIpc) is 2.64. The largest absolute Gasteiger partial charge is 0.493 e. The van der Waals surface area contributed by atoms with Gasteiger partial charge in [-0.25, -0.2) is 8.78 Å². The summed E-state index contributed by atoms with van der Waals surface area (Å²) >= 11 is 0. The van der Waals surface area contributed by atoms with Crippen LogP contribution in [0.3, 0.4) is 0 Å². The SMILES string of the molecule is COc1ccc(CCNC(=O)C(=O)Nc2cc(F)ccc2F)cc1OC. The monoisotopic (exact) mass is 364 g/mol. The van der Waals surface area contributed by atoms with Crippen LogP contribution in [0.1, 0.15) is 5.56 Å². The third-order valence-electron chi connectivity index (χ3n) is 3.53. The van der Waals surface area contributed by atoms with Gasteiger partial charge >= 0.3 is 11.8 Å². The molecule has 26 heavy (non-hydrogen) atoms. The molecule has 8 heteroatoms. The summed E-state index contributed by atoms with van der Waals surface area (Å²) in [6.45, 7) is 0.174. The molecule has 0 aromatic heterocycles. The topological polar surface area (TPSA) is 76.7 Å². The van der Waals surface area contributed by atoms with Crippen LogP contribution in [0, 0.1) is 11.6 Å². The summed E-state index contributed by atoms with van der Waals surface area (Å²) in [5, 5.41) is 4.44. The van der Waals surface area contributed by atoms with Crippen LogP contribution in [0.15, 0.2) is 36.4 Å². The number of rotatable bonds is 6. The first-order chi connectivity index (χ1) is 12.4. The van der Waals surface area contributed by atoms with Gasteiger partial charge in [-0.3, -0.25) is 9.59 Å². The first-order valence-corrected chi connectivity index (χ1v) is 7.69. The van der Waals surface area contributed by atoms with Crippen molar-refractivity contribution in [3.63, 3.8) is 0 Å². The molecular formula is C18H18F2N2O4. The van der Waals surface area contributed by atoms with Gasteiger partial charge in [-0.15, -0.1) is 0 Å². The van der Waals surface area contributed by atoms with Crippen LogP contribution in [0.25, 0.3) is 0 Å². The van der Waals surface area contributed by atoms with E-state index in [1.807, 2.05) is 5.32 Å². The molecule has 2 amide bonds. The second-order valence-electron chi connectivity index (χ2n) is 5.27. The smallest absolute Gasteiger partial charge is 0.313 e. The van der Waals surface area contributed by atoms with E-state index in [1.165, 1.54) is 14.2 Å². The Morgan fingerprint density at radius 3 is 2.38 bits per heavy atom. The van der Waals surface area contributed by atoms with E-state index >= 15 is 0 Å². The lowest BCUT2D eigenvalue weighted by atomic mass is 10.1. The highest BCUT2D eigenvalue weighted by atomic mass is 19.1. The number of anilines is 1. The number of benzene rings is 2. The summed E-state index contributed by atoms with van der Waals surface area (Å²) in [5.41, 5.74) is 0.463. The van der Waals surface area contributed by atoms with E-state index in [-0.39, 0.29) is 6.54 Å². The zero-order chi connectivity index (χ0) is 19.1. The van der Waals surface area contributed by atoms with E-state index in [1.54, 1.807) is 18.2 Å². The number of carbonyl (C=O) groups is 2. The molecule has 0 atom stereocenters. The molecule has 0 bridgehead atoms. The zero-order valence-corrected chi connectivity index (χ0v) is 14.3. The molecule has 0 unspecified atom stereocenters. The number of methoxy groups -OCH3 is 2. The molecule has 0 spiro atoms. The van der Waals surface area contributed by atoms with Crippen LogP contribution in [0.2, 0.25) is 0 Å². The third-order valence-corrected chi connectivity index (χ3v) is 3.53. The zero-order valence-electron chi connectivity index (χ0n) is 14.3. The molecular weight excluding hydrogens is 346 g/mol. The van der Waals surface area contributed by atoms with Crippen LogP contribution in [-0.4, -0.2) is 32.6 Å². The van der Waals surface area contributed by atoms with Crippen molar-refractivity contribution >= 4 is 17.5 Å². The van der Waals surface area contributed by atoms with Crippen molar-refractivity contribution in [2.45, 2.75) is 6.42 Å². The number of halogens is 2. The number of hydrogen-bond acceptors (Lipinski definition) is 4. The third kappa shape index (κ3) is 4.92. The minimum atomic E-state index is -1.08. The van der Waals surface area contributed by atoms with Crippen LogP contribution in [0.5, 0.6) is 11.5 Å². The van der Waals surface area contributed by atoms with E-state index < -0.39 is 29.1 Å². The fourth-order valence-electron chi connectivity index (χ4n) is 2.21. The Kier molecular flexibility index (Phi) is 6.48. The second-order valence-corrected chi connectivity index (χ2v) is 5.27. The number of hydrogen-bond donors (Lipinski definition) is 2. The Bertz CT molecular complexity index is 812. The van der Waals surface area contributed by atoms with Gasteiger partial charge in [-0.05, 0) is 36.2 Å². The Morgan fingerprint density at radius 1 is 0.962 bits per heavy atom. The van der Waals surface area contributed by atoms with E-state index in [9.17, 15) is 18.4 Å². The van der Waals surface area contributed by atoms with Gasteiger partial charge in [0.15, 0.2) is 11.5 Å². The average molecular weight is 364 g/mol. The summed E-state index contributed by atoms with van der Waals surface area (Å²) < 4.78 is 36.9. The van der Waals surface area contributed by atoms with Crippen LogP contribution >= 0.6 is 0 Å². The molecule has 0 saturated heterocycles. The van der Waals surface area contributed by atoms with E-state index in [0.717, 1.165) is 23.8 Å².